The van der Waals surface area contributed by atoms with Crippen LogP contribution in [0.4, 0.5) is 11.4 Å². The zero-order chi connectivity index (χ0) is 14.7. The van der Waals surface area contributed by atoms with E-state index in [1.54, 1.807) is 12.1 Å². The minimum Gasteiger partial charge on any atom is -0.495 e. The maximum Gasteiger partial charge on any atom is 0.272 e. The second-order valence-corrected chi connectivity index (χ2v) is 4.40. The molecule has 0 aliphatic rings. The lowest BCUT2D eigenvalue weighted by molar-refractivity contribution is 0.102. The molecule has 0 spiro atoms. The smallest absolute Gasteiger partial charge is 0.272 e. The van der Waals surface area contributed by atoms with Crippen LogP contribution < -0.4 is 20.5 Å². The highest BCUT2D eigenvalue weighted by Gasteiger charge is 2.14. The van der Waals surface area contributed by atoms with Crippen molar-refractivity contribution in [3.05, 3.63) is 35.1 Å². The van der Waals surface area contributed by atoms with E-state index in [0.717, 1.165) is 0 Å². The van der Waals surface area contributed by atoms with Crippen molar-refractivity contribution in [3.8, 4) is 11.5 Å². The molecule has 4 N–H and O–H groups in total. The number of nitrogen functional groups attached to an aromatic ring is 1. The molecule has 0 aliphatic carbocycles. The lowest BCUT2D eigenvalue weighted by atomic mass is 10.2. The molecule has 1 aromatic carbocycles. The highest BCUT2D eigenvalue weighted by Crippen LogP contribution is 2.36. The third-order valence-electron chi connectivity index (χ3n) is 2.67. The second-order valence-electron chi connectivity index (χ2n) is 3.99. The van der Waals surface area contributed by atoms with Crippen LogP contribution in [-0.4, -0.2) is 25.1 Å². The quantitative estimate of drug-likeness (QED) is 0.808. The van der Waals surface area contributed by atoms with Crippen LogP contribution in [-0.2, 0) is 0 Å². The second kappa shape index (κ2) is 5.75. The molecule has 0 atom stereocenters. The predicted molar refractivity (Wildman–Crippen MR) is 77.7 cm³/mol. The van der Waals surface area contributed by atoms with Crippen LogP contribution >= 0.6 is 11.6 Å². The minimum atomic E-state index is -0.346. The summed E-state index contributed by atoms with van der Waals surface area (Å²) in [7, 11) is 2.99. The Labute approximate surface area is 120 Å². The fourth-order valence-corrected chi connectivity index (χ4v) is 1.93. The molecule has 0 radical (unpaired) electrons. The molecule has 106 valence electrons. The van der Waals surface area contributed by atoms with E-state index >= 15 is 0 Å². The number of nitrogens with one attached hydrogen (secondary N) is 2. The molecule has 0 aliphatic heterocycles. The number of benzene rings is 1. The van der Waals surface area contributed by atoms with Gasteiger partial charge in [-0.25, -0.2) is 0 Å². The molecule has 2 rings (SSSR count). The number of nitrogens with two attached hydrogens (primary N) is 1. The molecular formula is C13H14ClN3O3. The van der Waals surface area contributed by atoms with Gasteiger partial charge in [-0.1, -0.05) is 11.6 Å². The van der Waals surface area contributed by atoms with Crippen molar-refractivity contribution in [1.29, 1.82) is 0 Å². The molecule has 0 saturated heterocycles. The Hall–Kier alpha value is -2.34. The normalized spacial score (nSPS) is 10.2. The van der Waals surface area contributed by atoms with E-state index in [0.29, 0.717) is 33.6 Å². The van der Waals surface area contributed by atoms with Gasteiger partial charge in [0.05, 0.1) is 24.9 Å². The monoisotopic (exact) mass is 295 g/mol. The Bertz CT molecular complexity index is 640. The number of amides is 1. The van der Waals surface area contributed by atoms with E-state index in [-0.39, 0.29) is 5.91 Å². The Balaban J connectivity index is 2.28. The maximum absolute atomic E-state index is 12.0. The number of halogens is 1. The number of ether oxygens (including phenoxy) is 2. The molecule has 0 saturated carbocycles. The van der Waals surface area contributed by atoms with Crippen LogP contribution in [0.1, 0.15) is 10.5 Å². The van der Waals surface area contributed by atoms with Gasteiger partial charge in [0.15, 0.2) is 0 Å². The summed E-state index contributed by atoms with van der Waals surface area (Å²) in [6.45, 7) is 0. The van der Waals surface area contributed by atoms with Crippen molar-refractivity contribution in [2.24, 2.45) is 0 Å². The van der Waals surface area contributed by atoms with Gasteiger partial charge in [-0.3, -0.25) is 4.79 Å². The topological polar surface area (TPSA) is 89.4 Å². The number of rotatable bonds is 4. The van der Waals surface area contributed by atoms with E-state index in [1.807, 2.05) is 0 Å². The standard InChI is InChI=1S/C13H14ClN3O3/c1-19-11-5-12(20-2)9(4-8(11)14)17-13(18)10-3-7(15)6-16-10/h3-6,16H,15H2,1-2H3,(H,17,18). The van der Waals surface area contributed by atoms with Crippen LogP contribution in [0.25, 0.3) is 0 Å². The number of aromatic amines is 1. The van der Waals surface area contributed by atoms with Gasteiger partial charge in [-0.05, 0) is 12.1 Å². The minimum absolute atomic E-state index is 0.344. The first-order chi connectivity index (χ1) is 9.55. The van der Waals surface area contributed by atoms with Gasteiger partial charge < -0.3 is 25.5 Å². The van der Waals surface area contributed by atoms with E-state index in [2.05, 4.69) is 10.3 Å². The number of methoxy groups -OCH3 is 2. The van der Waals surface area contributed by atoms with Crippen molar-refractivity contribution < 1.29 is 14.3 Å². The summed E-state index contributed by atoms with van der Waals surface area (Å²) in [6, 6.07) is 4.69. The zero-order valence-electron chi connectivity index (χ0n) is 11.0. The van der Waals surface area contributed by atoms with Crippen LogP contribution in [0.15, 0.2) is 24.4 Å². The molecular weight excluding hydrogens is 282 g/mol. The van der Waals surface area contributed by atoms with E-state index in [1.165, 1.54) is 26.5 Å². The summed E-state index contributed by atoms with van der Waals surface area (Å²) in [5.74, 6) is 0.561. The van der Waals surface area contributed by atoms with Gasteiger partial charge >= 0.3 is 0 Å². The summed E-state index contributed by atoms with van der Waals surface area (Å²) in [5.41, 5.74) is 6.82. The molecule has 20 heavy (non-hydrogen) atoms. The van der Waals surface area contributed by atoms with Gasteiger partial charge in [-0.15, -0.1) is 0 Å². The third kappa shape index (κ3) is 2.80. The Morgan fingerprint density at radius 2 is 1.95 bits per heavy atom. The summed E-state index contributed by atoms with van der Waals surface area (Å²) < 4.78 is 10.3. The number of aromatic nitrogens is 1. The van der Waals surface area contributed by atoms with Crippen molar-refractivity contribution in [2.75, 3.05) is 25.3 Å². The van der Waals surface area contributed by atoms with Gasteiger partial charge in [0.25, 0.3) is 5.91 Å². The Kier molecular flexibility index (Phi) is 4.05. The SMILES string of the molecule is COc1cc(OC)c(NC(=O)c2cc(N)c[nH]2)cc1Cl. The van der Waals surface area contributed by atoms with Gasteiger partial charge in [0.1, 0.15) is 17.2 Å². The molecule has 1 amide bonds. The first-order valence-electron chi connectivity index (χ1n) is 5.72. The molecule has 1 heterocycles. The average Bonchev–Trinajstić information content (AvgIpc) is 2.86. The number of hydrogen-bond donors (Lipinski definition) is 3. The summed E-state index contributed by atoms with van der Waals surface area (Å²) in [4.78, 5) is 14.8. The predicted octanol–water partition coefficient (Wildman–Crippen LogP) is 2.52. The number of H-pyrrole nitrogens is 1. The van der Waals surface area contributed by atoms with Crippen molar-refractivity contribution in [3.63, 3.8) is 0 Å². The van der Waals surface area contributed by atoms with Crippen LogP contribution in [0.3, 0.4) is 0 Å². The molecule has 0 fully saturated rings. The molecule has 7 heteroatoms. The van der Waals surface area contributed by atoms with E-state index in [9.17, 15) is 4.79 Å². The fourth-order valence-electron chi connectivity index (χ4n) is 1.69. The average molecular weight is 296 g/mol. The molecule has 6 nitrogen and oxygen atoms in total. The Morgan fingerprint density at radius 1 is 1.25 bits per heavy atom. The molecule has 0 bridgehead atoms. The summed E-state index contributed by atoms with van der Waals surface area (Å²) >= 11 is 6.03. The summed E-state index contributed by atoms with van der Waals surface area (Å²) in [5, 5.41) is 3.06. The van der Waals surface area contributed by atoms with Crippen LogP contribution in [0, 0.1) is 0 Å². The van der Waals surface area contributed by atoms with Crippen LogP contribution in [0.5, 0.6) is 11.5 Å². The lowest BCUT2D eigenvalue weighted by Crippen LogP contribution is -2.13. The maximum atomic E-state index is 12.0. The zero-order valence-corrected chi connectivity index (χ0v) is 11.7. The third-order valence-corrected chi connectivity index (χ3v) is 2.97. The van der Waals surface area contributed by atoms with Crippen molar-refractivity contribution in [1.82, 2.24) is 4.98 Å². The summed E-state index contributed by atoms with van der Waals surface area (Å²) in [6.07, 6.45) is 1.53. The Morgan fingerprint density at radius 3 is 2.50 bits per heavy atom. The molecule has 0 unspecified atom stereocenters. The van der Waals surface area contributed by atoms with E-state index in [4.69, 9.17) is 26.8 Å². The number of carbonyl (C=O) groups excluding carboxylic acids is 1. The largest absolute Gasteiger partial charge is 0.495 e. The van der Waals surface area contributed by atoms with Crippen molar-refractivity contribution in [2.45, 2.75) is 0 Å². The van der Waals surface area contributed by atoms with E-state index < -0.39 is 0 Å². The van der Waals surface area contributed by atoms with Crippen LogP contribution in [0.2, 0.25) is 5.02 Å². The number of carbonyl (C=O) groups is 1. The highest BCUT2D eigenvalue weighted by molar-refractivity contribution is 6.32. The molecule has 1 aromatic heterocycles. The fraction of sp³-hybridized carbons (Fsp3) is 0.154. The van der Waals surface area contributed by atoms with Gasteiger partial charge in [0, 0.05) is 18.0 Å². The first kappa shape index (κ1) is 14.1. The highest BCUT2D eigenvalue weighted by atomic mass is 35.5. The number of anilines is 2. The number of hydrogen-bond acceptors (Lipinski definition) is 4. The van der Waals surface area contributed by atoms with Gasteiger partial charge in [0.2, 0.25) is 0 Å². The lowest BCUT2D eigenvalue weighted by Gasteiger charge is -2.12. The first-order valence-corrected chi connectivity index (χ1v) is 6.09. The van der Waals surface area contributed by atoms with Gasteiger partial charge in [-0.2, -0.15) is 0 Å². The molecule has 2 aromatic rings. The van der Waals surface area contributed by atoms with Crippen molar-refractivity contribution >= 4 is 28.9 Å².